The molecule has 0 saturated carbocycles. The van der Waals surface area contributed by atoms with Crippen LogP contribution in [0.3, 0.4) is 0 Å². The van der Waals surface area contributed by atoms with Crippen LogP contribution in [-0.4, -0.2) is 36.2 Å². The topological polar surface area (TPSA) is 89.5 Å². The monoisotopic (exact) mass is 353 g/mol. The van der Waals surface area contributed by atoms with E-state index >= 15 is 0 Å². The maximum atomic E-state index is 12.7. The minimum absolute atomic E-state index is 0.0236. The molecule has 1 aromatic carbocycles. The van der Waals surface area contributed by atoms with Crippen LogP contribution >= 0.6 is 0 Å². The second-order valence-corrected chi connectivity index (χ2v) is 8.20. The summed E-state index contributed by atoms with van der Waals surface area (Å²) in [5.74, 6) is -0.490. The van der Waals surface area contributed by atoms with Crippen LogP contribution in [0.5, 0.6) is 0 Å². The zero-order chi connectivity index (χ0) is 16.6. The Bertz CT molecular complexity index is 656. The highest BCUT2D eigenvalue weighted by molar-refractivity contribution is 7.89. The summed E-state index contributed by atoms with van der Waals surface area (Å²) in [6, 6.07) is 4.60. The van der Waals surface area contributed by atoms with Gasteiger partial charge >= 0.3 is 0 Å². The highest BCUT2D eigenvalue weighted by Crippen LogP contribution is 2.09. The van der Waals surface area contributed by atoms with Crippen LogP contribution < -0.4 is 4.72 Å². The van der Waals surface area contributed by atoms with E-state index in [1.807, 2.05) is 0 Å². The molecule has 126 valence electrons. The average molecular weight is 353 g/mol. The van der Waals surface area contributed by atoms with E-state index in [-0.39, 0.29) is 18.0 Å². The second kappa shape index (κ2) is 8.56. The molecule has 0 spiro atoms. The van der Waals surface area contributed by atoms with Gasteiger partial charge in [-0.15, -0.1) is 0 Å². The number of hydrogen-bond acceptors (Lipinski definition) is 5. The molecule has 0 fully saturated rings. The largest absolute Gasteiger partial charge is 0.270 e. The van der Waals surface area contributed by atoms with Crippen LogP contribution in [0.4, 0.5) is 4.39 Å². The molecular weight excluding hydrogens is 333 g/mol. The summed E-state index contributed by atoms with van der Waals surface area (Å²) in [6.45, 7) is 0.410. The number of rotatable bonds is 10. The molecule has 0 heterocycles. The quantitative estimate of drug-likeness (QED) is 0.510. The molecule has 0 amide bonds. The van der Waals surface area contributed by atoms with Gasteiger partial charge in [-0.05, 0) is 37.1 Å². The molecule has 1 rings (SSSR count). The Morgan fingerprint density at radius 3 is 2.18 bits per heavy atom. The van der Waals surface area contributed by atoms with Gasteiger partial charge in [-0.2, -0.15) is 8.42 Å². The van der Waals surface area contributed by atoms with Gasteiger partial charge in [0, 0.05) is 6.54 Å². The van der Waals surface area contributed by atoms with E-state index in [1.54, 1.807) is 0 Å². The van der Waals surface area contributed by atoms with Crippen molar-refractivity contribution >= 4 is 20.1 Å². The van der Waals surface area contributed by atoms with Gasteiger partial charge in [0.2, 0.25) is 10.0 Å². The summed E-state index contributed by atoms with van der Waals surface area (Å²) < 4.78 is 64.9. The molecule has 0 unspecified atom stereocenters. The molecule has 1 aromatic rings. The Balaban J connectivity index is 2.20. The van der Waals surface area contributed by atoms with Gasteiger partial charge in [0.1, 0.15) is 5.82 Å². The maximum absolute atomic E-state index is 12.7. The number of sulfonamides is 1. The van der Waals surface area contributed by atoms with Gasteiger partial charge in [-0.3, -0.25) is 4.18 Å². The van der Waals surface area contributed by atoms with Gasteiger partial charge < -0.3 is 0 Å². The van der Waals surface area contributed by atoms with Crippen LogP contribution in [0.1, 0.15) is 25.7 Å². The molecule has 0 aliphatic carbocycles. The molecule has 0 aliphatic heterocycles. The zero-order valence-corrected chi connectivity index (χ0v) is 13.9. The Hall–Kier alpha value is -1.03. The van der Waals surface area contributed by atoms with E-state index in [0.717, 1.165) is 31.2 Å². The summed E-state index contributed by atoms with van der Waals surface area (Å²) in [5.41, 5.74) is 0. The fourth-order valence-electron chi connectivity index (χ4n) is 1.69. The van der Waals surface area contributed by atoms with Gasteiger partial charge in [-0.1, -0.05) is 12.8 Å². The van der Waals surface area contributed by atoms with Gasteiger partial charge in [-0.25, -0.2) is 17.5 Å². The molecular formula is C13H20FNO5S2. The first-order valence-electron chi connectivity index (χ1n) is 6.80. The molecule has 9 heteroatoms. The molecule has 0 saturated heterocycles. The average Bonchev–Trinajstić information content (AvgIpc) is 2.41. The Morgan fingerprint density at radius 1 is 1.00 bits per heavy atom. The molecule has 0 aromatic heterocycles. The summed E-state index contributed by atoms with van der Waals surface area (Å²) in [5, 5.41) is 0. The third-order valence-electron chi connectivity index (χ3n) is 2.78. The molecule has 0 radical (unpaired) electrons. The van der Waals surface area contributed by atoms with E-state index in [1.165, 1.54) is 12.1 Å². The Labute approximate surface area is 130 Å². The molecule has 6 nitrogen and oxygen atoms in total. The maximum Gasteiger partial charge on any atom is 0.264 e. The molecule has 0 atom stereocenters. The van der Waals surface area contributed by atoms with Crippen molar-refractivity contribution in [3.63, 3.8) is 0 Å². The summed E-state index contributed by atoms with van der Waals surface area (Å²) >= 11 is 0. The van der Waals surface area contributed by atoms with Crippen molar-refractivity contribution < 1.29 is 25.4 Å². The smallest absolute Gasteiger partial charge is 0.264 e. The molecule has 22 heavy (non-hydrogen) atoms. The SMILES string of the molecule is CS(=O)(=O)OCCCCCCNS(=O)(=O)c1ccc(F)cc1. The van der Waals surface area contributed by atoms with Crippen molar-refractivity contribution in [2.24, 2.45) is 0 Å². The van der Waals surface area contributed by atoms with Crippen molar-refractivity contribution in [1.29, 1.82) is 0 Å². The first-order chi connectivity index (χ1) is 10.2. The van der Waals surface area contributed by atoms with Gasteiger partial charge in [0.25, 0.3) is 10.1 Å². The minimum atomic E-state index is -3.61. The highest BCUT2D eigenvalue weighted by Gasteiger charge is 2.12. The lowest BCUT2D eigenvalue weighted by atomic mass is 10.2. The summed E-state index contributed by atoms with van der Waals surface area (Å²) in [7, 11) is -7.01. The lowest BCUT2D eigenvalue weighted by Gasteiger charge is -2.06. The number of unbranched alkanes of at least 4 members (excludes halogenated alkanes) is 3. The zero-order valence-electron chi connectivity index (χ0n) is 12.3. The van der Waals surface area contributed by atoms with Crippen LogP contribution in [0.15, 0.2) is 29.2 Å². The standard InChI is InChI=1S/C13H20FNO5S2/c1-21(16,17)20-11-5-3-2-4-10-15-22(18,19)13-8-6-12(14)7-9-13/h6-9,15H,2-5,10-11H2,1H3. The highest BCUT2D eigenvalue weighted by atomic mass is 32.2. The van der Waals surface area contributed by atoms with Crippen molar-refractivity contribution in [1.82, 2.24) is 4.72 Å². The normalized spacial score (nSPS) is 12.5. The van der Waals surface area contributed by atoms with Crippen LogP contribution in [-0.2, 0) is 24.3 Å². The fraction of sp³-hybridized carbons (Fsp3) is 0.538. The van der Waals surface area contributed by atoms with E-state index in [9.17, 15) is 21.2 Å². The Kier molecular flexibility index (Phi) is 7.40. The van der Waals surface area contributed by atoms with E-state index < -0.39 is 26.0 Å². The van der Waals surface area contributed by atoms with Crippen LogP contribution in [0, 0.1) is 5.82 Å². The summed E-state index contributed by atoms with van der Waals surface area (Å²) in [4.78, 5) is 0.0236. The van der Waals surface area contributed by atoms with Gasteiger partial charge in [0.05, 0.1) is 17.8 Å². The lowest BCUT2D eigenvalue weighted by Crippen LogP contribution is -2.24. The van der Waals surface area contributed by atoms with E-state index in [2.05, 4.69) is 8.91 Å². The van der Waals surface area contributed by atoms with E-state index in [4.69, 9.17) is 0 Å². The number of halogens is 1. The molecule has 0 bridgehead atoms. The van der Waals surface area contributed by atoms with Crippen LogP contribution in [0.2, 0.25) is 0 Å². The summed E-state index contributed by atoms with van der Waals surface area (Å²) in [6.07, 6.45) is 3.71. The van der Waals surface area contributed by atoms with Gasteiger partial charge in [0.15, 0.2) is 0 Å². The number of hydrogen-bond donors (Lipinski definition) is 1. The first-order valence-corrected chi connectivity index (χ1v) is 10.1. The second-order valence-electron chi connectivity index (χ2n) is 4.79. The van der Waals surface area contributed by atoms with Crippen molar-refractivity contribution in [2.75, 3.05) is 19.4 Å². The minimum Gasteiger partial charge on any atom is -0.270 e. The number of nitrogens with one attached hydrogen (secondary N) is 1. The molecule has 0 aliphatic rings. The fourth-order valence-corrected chi connectivity index (χ4v) is 3.19. The Morgan fingerprint density at radius 2 is 1.59 bits per heavy atom. The van der Waals surface area contributed by atoms with Crippen molar-refractivity contribution in [3.8, 4) is 0 Å². The first kappa shape index (κ1) is 19.0. The third kappa shape index (κ3) is 7.83. The lowest BCUT2D eigenvalue weighted by molar-refractivity contribution is 0.310. The van der Waals surface area contributed by atoms with Crippen molar-refractivity contribution in [3.05, 3.63) is 30.1 Å². The number of benzene rings is 1. The van der Waals surface area contributed by atoms with Crippen molar-refractivity contribution in [2.45, 2.75) is 30.6 Å². The third-order valence-corrected chi connectivity index (χ3v) is 4.86. The van der Waals surface area contributed by atoms with Crippen LogP contribution in [0.25, 0.3) is 0 Å². The predicted molar refractivity (Wildman–Crippen MR) is 80.9 cm³/mol. The van der Waals surface area contributed by atoms with E-state index in [0.29, 0.717) is 12.8 Å². The molecule has 1 N–H and O–H groups in total. The predicted octanol–water partition coefficient (Wildman–Crippen LogP) is 1.64.